The first-order valence-electron chi connectivity index (χ1n) is 8.75. The number of benzene rings is 2. The van der Waals surface area contributed by atoms with Crippen molar-refractivity contribution in [2.75, 3.05) is 5.32 Å². The number of nitrogens with one attached hydrogen (secondary N) is 1. The molecule has 3 aromatic rings. The Labute approximate surface area is 162 Å². The summed E-state index contributed by atoms with van der Waals surface area (Å²) in [5.41, 5.74) is 4.02. The van der Waals surface area contributed by atoms with E-state index in [1.54, 1.807) is 31.2 Å². The molecule has 2 aromatic carbocycles. The summed E-state index contributed by atoms with van der Waals surface area (Å²) in [5.74, 6) is 0.534. The van der Waals surface area contributed by atoms with Crippen molar-refractivity contribution in [3.05, 3.63) is 87.2 Å². The van der Waals surface area contributed by atoms with Gasteiger partial charge in [-0.25, -0.2) is 0 Å². The number of hydrogen-bond acceptors (Lipinski definition) is 4. The average molecular weight is 376 g/mol. The summed E-state index contributed by atoms with van der Waals surface area (Å²) in [4.78, 5) is 23.0. The van der Waals surface area contributed by atoms with Crippen molar-refractivity contribution in [1.29, 1.82) is 0 Å². The molecule has 6 nitrogen and oxygen atoms in total. The smallest absolute Gasteiger partial charge is 0.280 e. The van der Waals surface area contributed by atoms with Gasteiger partial charge in [-0.15, -0.1) is 0 Å². The Morgan fingerprint density at radius 3 is 2.46 bits per heavy atom. The molecule has 0 saturated carbocycles. The van der Waals surface area contributed by atoms with Gasteiger partial charge in [0, 0.05) is 17.8 Å². The maximum absolute atomic E-state index is 12.2. The van der Waals surface area contributed by atoms with Gasteiger partial charge >= 0.3 is 0 Å². The van der Waals surface area contributed by atoms with Gasteiger partial charge in [-0.05, 0) is 67.8 Å². The highest BCUT2D eigenvalue weighted by Gasteiger charge is 2.19. The summed E-state index contributed by atoms with van der Waals surface area (Å²) in [5, 5.41) is 14.1. The van der Waals surface area contributed by atoms with Crippen LogP contribution < -0.4 is 5.32 Å². The van der Waals surface area contributed by atoms with Crippen LogP contribution in [0.15, 0.2) is 59.0 Å². The second-order valence-electron chi connectivity index (χ2n) is 6.63. The summed E-state index contributed by atoms with van der Waals surface area (Å²) in [6.45, 7) is 5.72. The molecule has 0 bridgehead atoms. The fourth-order valence-electron chi connectivity index (χ4n) is 3.09. The SMILES string of the molecule is Cc1cc(C)cc(NC(=O)/C=C/c2ccc(-c3c(C)cccc3[N+](=O)[O-])o2)c1. The van der Waals surface area contributed by atoms with Crippen LogP contribution in [-0.2, 0) is 4.79 Å². The number of aryl methyl sites for hydroxylation is 3. The molecule has 142 valence electrons. The summed E-state index contributed by atoms with van der Waals surface area (Å²) >= 11 is 0. The van der Waals surface area contributed by atoms with Crippen LogP contribution in [0.4, 0.5) is 11.4 Å². The molecule has 6 heteroatoms. The fourth-order valence-corrected chi connectivity index (χ4v) is 3.09. The van der Waals surface area contributed by atoms with Crippen LogP contribution in [0, 0.1) is 30.9 Å². The van der Waals surface area contributed by atoms with E-state index in [4.69, 9.17) is 4.42 Å². The summed E-state index contributed by atoms with van der Waals surface area (Å²) < 4.78 is 5.71. The van der Waals surface area contributed by atoms with Gasteiger partial charge in [-0.2, -0.15) is 0 Å². The number of carbonyl (C=O) groups is 1. The third kappa shape index (κ3) is 4.35. The van der Waals surface area contributed by atoms with Crippen LogP contribution in [0.25, 0.3) is 17.4 Å². The Hall–Kier alpha value is -3.67. The highest BCUT2D eigenvalue weighted by atomic mass is 16.6. The predicted molar refractivity (Wildman–Crippen MR) is 109 cm³/mol. The van der Waals surface area contributed by atoms with Crippen LogP contribution in [-0.4, -0.2) is 10.8 Å². The Balaban J connectivity index is 1.78. The molecule has 0 atom stereocenters. The molecule has 0 aliphatic carbocycles. The number of rotatable bonds is 5. The normalized spacial score (nSPS) is 11.0. The van der Waals surface area contributed by atoms with E-state index >= 15 is 0 Å². The van der Waals surface area contributed by atoms with Crippen molar-refractivity contribution in [2.24, 2.45) is 0 Å². The van der Waals surface area contributed by atoms with E-state index < -0.39 is 4.92 Å². The highest BCUT2D eigenvalue weighted by Crippen LogP contribution is 2.34. The van der Waals surface area contributed by atoms with E-state index in [-0.39, 0.29) is 11.6 Å². The van der Waals surface area contributed by atoms with E-state index in [9.17, 15) is 14.9 Å². The molecule has 0 unspecified atom stereocenters. The van der Waals surface area contributed by atoms with Gasteiger partial charge in [0.1, 0.15) is 11.5 Å². The molecule has 0 aliphatic rings. The highest BCUT2D eigenvalue weighted by molar-refractivity contribution is 6.01. The lowest BCUT2D eigenvalue weighted by Crippen LogP contribution is -2.07. The number of nitro groups is 1. The minimum Gasteiger partial charge on any atom is -0.456 e. The average Bonchev–Trinajstić information content (AvgIpc) is 3.07. The minimum absolute atomic E-state index is 0.0163. The maximum atomic E-state index is 12.2. The standard InChI is InChI=1S/C22H20N2O4/c1-14-11-15(2)13-17(12-14)23-21(25)10-8-18-7-9-20(28-18)22-16(3)5-4-6-19(22)24(26)27/h4-13H,1-3H3,(H,23,25)/b10-8+. The van der Waals surface area contributed by atoms with Crippen LogP contribution in [0.3, 0.4) is 0 Å². The molecule has 1 aromatic heterocycles. The van der Waals surface area contributed by atoms with Crippen LogP contribution in [0.2, 0.25) is 0 Å². The predicted octanol–water partition coefficient (Wildman–Crippen LogP) is 5.43. The zero-order valence-electron chi connectivity index (χ0n) is 15.9. The molecule has 3 rings (SSSR count). The fraction of sp³-hybridized carbons (Fsp3) is 0.136. The molecular weight excluding hydrogens is 356 g/mol. The van der Waals surface area contributed by atoms with Gasteiger partial charge in [0.2, 0.25) is 5.91 Å². The van der Waals surface area contributed by atoms with Gasteiger partial charge in [-0.3, -0.25) is 14.9 Å². The van der Waals surface area contributed by atoms with Crippen molar-refractivity contribution in [2.45, 2.75) is 20.8 Å². The van der Waals surface area contributed by atoms with Crippen molar-refractivity contribution in [3.8, 4) is 11.3 Å². The van der Waals surface area contributed by atoms with Gasteiger partial charge in [0.05, 0.1) is 10.5 Å². The summed E-state index contributed by atoms with van der Waals surface area (Å²) in [7, 11) is 0. The number of furan rings is 1. The Bertz CT molecular complexity index is 1060. The van der Waals surface area contributed by atoms with Gasteiger partial charge < -0.3 is 9.73 Å². The molecule has 28 heavy (non-hydrogen) atoms. The first-order valence-corrected chi connectivity index (χ1v) is 8.75. The van der Waals surface area contributed by atoms with Crippen molar-refractivity contribution in [1.82, 2.24) is 0 Å². The van der Waals surface area contributed by atoms with Crippen molar-refractivity contribution < 1.29 is 14.1 Å². The third-order valence-corrected chi connectivity index (χ3v) is 4.21. The van der Waals surface area contributed by atoms with Gasteiger partial charge in [-0.1, -0.05) is 18.2 Å². The Morgan fingerprint density at radius 1 is 1.07 bits per heavy atom. The van der Waals surface area contributed by atoms with Crippen LogP contribution in [0.1, 0.15) is 22.5 Å². The minimum atomic E-state index is -0.433. The second-order valence-corrected chi connectivity index (χ2v) is 6.63. The van der Waals surface area contributed by atoms with Crippen molar-refractivity contribution in [3.63, 3.8) is 0 Å². The quantitative estimate of drug-likeness (QED) is 0.365. The van der Waals surface area contributed by atoms with E-state index in [1.807, 2.05) is 32.0 Å². The van der Waals surface area contributed by atoms with Crippen LogP contribution >= 0.6 is 0 Å². The number of nitrogens with zero attached hydrogens (tertiary/aromatic N) is 1. The third-order valence-electron chi connectivity index (χ3n) is 4.21. The number of amides is 1. The lowest BCUT2D eigenvalue weighted by molar-refractivity contribution is -0.384. The van der Waals surface area contributed by atoms with Crippen molar-refractivity contribution >= 4 is 23.4 Å². The molecular formula is C22H20N2O4. The zero-order valence-corrected chi connectivity index (χ0v) is 15.9. The molecule has 1 amide bonds. The molecule has 0 saturated heterocycles. The molecule has 0 aliphatic heterocycles. The van der Waals surface area contributed by atoms with Crippen LogP contribution in [0.5, 0.6) is 0 Å². The monoisotopic (exact) mass is 376 g/mol. The first kappa shape index (κ1) is 19.1. The number of nitro benzene ring substituents is 1. The second kappa shape index (κ2) is 7.92. The number of carbonyl (C=O) groups excluding carboxylic acids is 1. The van der Waals surface area contributed by atoms with E-state index in [2.05, 4.69) is 5.32 Å². The van der Waals surface area contributed by atoms with E-state index in [0.717, 1.165) is 22.4 Å². The van der Waals surface area contributed by atoms with E-state index in [1.165, 1.54) is 18.2 Å². The lowest BCUT2D eigenvalue weighted by atomic mass is 10.0. The summed E-state index contributed by atoms with van der Waals surface area (Å²) in [6, 6.07) is 14.0. The molecule has 0 fully saturated rings. The molecule has 0 spiro atoms. The zero-order chi connectivity index (χ0) is 20.3. The maximum Gasteiger partial charge on any atom is 0.280 e. The summed E-state index contributed by atoms with van der Waals surface area (Å²) in [6.07, 6.45) is 2.90. The number of anilines is 1. The van der Waals surface area contributed by atoms with E-state index in [0.29, 0.717) is 17.1 Å². The number of hydrogen-bond donors (Lipinski definition) is 1. The van der Waals surface area contributed by atoms with Gasteiger partial charge in [0.15, 0.2) is 0 Å². The first-order chi connectivity index (χ1) is 13.3. The Morgan fingerprint density at radius 2 is 1.79 bits per heavy atom. The topological polar surface area (TPSA) is 85.4 Å². The molecule has 1 N–H and O–H groups in total. The molecule has 0 radical (unpaired) electrons. The lowest BCUT2D eigenvalue weighted by Gasteiger charge is -2.05. The largest absolute Gasteiger partial charge is 0.456 e. The van der Waals surface area contributed by atoms with Gasteiger partial charge in [0.25, 0.3) is 5.69 Å². The molecule has 1 heterocycles. The Kier molecular flexibility index (Phi) is 5.40.